The highest BCUT2D eigenvalue weighted by Gasteiger charge is 2.38. The average molecular weight is 332 g/mol. The molecule has 8 heteroatoms. The van der Waals surface area contributed by atoms with Gasteiger partial charge in [-0.1, -0.05) is 18.5 Å². The van der Waals surface area contributed by atoms with E-state index in [1.54, 1.807) is 17.9 Å². The topological polar surface area (TPSA) is 76.8 Å². The van der Waals surface area contributed by atoms with Crippen LogP contribution in [0, 0.1) is 0 Å². The number of aromatic nitrogens is 2. The predicted molar refractivity (Wildman–Crippen MR) is 81.0 cm³/mol. The van der Waals surface area contributed by atoms with Crippen LogP contribution < -0.4 is 0 Å². The summed E-state index contributed by atoms with van der Waals surface area (Å²) in [5.41, 5.74) is 0.185. The number of ether oxygens (including phenoxy) is 2. The van der Waals surface area contributed by atoms with Gasteiger partial charge in [0, 0.05) is 26.9 Å². The lowest BCUT2D eigenvalue weighted by atomic mass is 10.0. The Kier molecular flexibility index (Phi) is 5.80. The summed E-state index contributed by atoms with van der Waals surface area (Å²) in [4.78, 5) is 14.0. The van der Waals surface area contributed by atoms with Crippen molar-refractivity contribution < 1.29 is 19.4 Å². The molecule has 0 unspecified atom stereocenters. The minimum atomic E-state index is -0.816. The van der Waals surface area contributed by atoms with Crippen molar-refractivity contribution >= 4 is 17.5 Å². The van der Waals surface area contributed by atoms with E-state index < -0.39 is 18.2 Å². The third kappa shape index (κ3) is 3.43. The second-order valence-electron chi connectivity index (χ2n) is 5.37. The molecule has 1 aromatic rings. The first-order valence-electron chi connectivity index (χ1n) is 7.28. The summed E-state index contributed by atoms with van der Waals surface area (Å²) >= 11 is 6.10. The minimum Gasteiger partial charge on any atom is -0.388 e. The van der Waals surface area contributed by atoms with E-state index in [-0.39, 0.29) is 18.2 Å². The highest BCUT2D eigenvalue weighted by atomic mass is 35.5. The van der Waals surface area contributed by atoms with Crippen molar-refractivity contribution in [2.45, 2.75) is 38.1 Å². The van der Waals surface area contributed by atoms with Gasteiger partial charge in [0.15, 0.2) is 5.69 Å². The Bertz CT molecular complexity index is 522. The predicted octanol–water partition coefficient (Wildman–Crippen LogP) is 0.793. The number of aliphatic hydroxyl groups is 1. The smallest absolute Gasteiger partial charge is 0.276 e. The van der Waals surface area contributed by atoms with Crippen LogP contribution in [-0.4, -0.2) is 71.3 Å². The van der Waals surface area contributed by atoms with E-state index in [2.05, 4.69) is 5.10 Å². The van der Waals surface area contributed by atoms with E-state index in [1.165, 1.54) is 12.0 Å². The van der Waals surface area contributed by atoms with Gasteiger partial charge in [-0.15, -0.1) is 0 Å². The lowest BCUT2D eigenvalue weighted by Gasteiger charge is -2.38. The molecule has 0 spiro atoms. The van der Waals surface area contributed by atoms with E-state index in [1.807, 2.05) is 6.92 Å². The van der Waals surface area contributed by atoms with Crippen LogP contribution >= 0.6 is 11.6 Å². The number of aliphatic hydroxyl groups excluding tert-OH is 1. The van der Waals surface area contributed by atoms with Gasteiger partial charge in [0.25, 0.3) is 5.91 Å². The summed E-state index contributed by atoms with van der Waals surface area (Å²) < 4.78 is 12.2. The molecular weight excluding hydrogens is 310 g/mol. The average Bonchev–Trinajstić information content (AvgIpc) is 2.87. The molecule has 0 saturated carbocycles. The molecule has 124 valence electrons. The number of carbonyl (C=O) groups is 1. The van der Waals surface area contributed by atoms with Crippen molar-refractivity contribution in [3.05, 3.63) is 16.9 Å². The summed E-state index contributed by atoms with van der Waals surface area (Å²) in [5.74, 6) is -0.343. The molecule has 1 N–H and O–H groups in total. The number of nitrogens with zero attached hydrogens (tertiary/aromatic N) is 3. The standard InChI is InChI=1S/C14H22ClN3O4/c1-4-5-18-6-9(15)12(16-18)14(20)17(2)10-7-22-8-11(21-3)13(10)19/h6,10-11,13,19H,4-5,7-8H2,1-3H3/t10-,11-,13+/m1/s1. The first kappa shape index (κ1) is 17.2. The number of hydrogen-bond donors (Lipinski definition) is 1. The maximum atomic E-state index is 12.6. The van der Waals surface area contributed by atoms with Gasteiger partial charge in [-0.05, 0) is 6.42 Å². The van der Waals surface area contributed by atoms with Gasteiger partial charge in [-0.2, -0.15) is 5.10 Å². The fourth-order valence-electron chi connectivity index (χ4n) is 2.50. The molecule has 2 rings (SSSR count). The van der Waals surface area contributed by atoms with Crippen molar-refractivity contribution in [1.82, 2.24) is 14.7 Å². The molecule has 0 aromatic carbocycles. The largest absolute Gasteiger partial charge is 0.388 e. The molecule has 7 nitrogen and oxygen atoms in total. The van der Waals surface area contributed by atoms with Gasteiger partial charge in [-0.3, -0.25) is 9.48 Å². The van der Waals surface area contributed by atoms with Crippen LogP contribution in [0.4, 0.5) is 0 Å². The number of likely N-dealkylation sites (N-methyl/N-ethyl adjacent to an activating group) is 1. The fourth-order valence-corrected chi connectivity index (χ4v) is 2.73. The summed E-state index contributed by atoms with van der Waals surface area (Å²) in [7, 11) is 3.11. The molecule has 1 aromatic heterocycles. The zero-order chi connectivity index (χ0) is 16.3. The third-order valence-electron chi connectivity index (χ3n) is 3.84. The quantitative estimate of drug-likeness (QED) is 0.863. The number of hydrogen-bond acceptors (Lipinski definition) is 5. The molecular formula is C14H22ClN3O4. The van der Waals surface area contributed by atoms with Crippen molar-refractivity contribution in [3.63, 3.8) is 0 Å². The molecule has 0 aliphatic carbocycles. The molecule has 0 bridgehead atoms. The van der Waals surface area contributed by atoms with Gasteiger partial charge < -0.3 is 19.5 Å². The Balaban J connectivity index is 2.14. The monoisotopic (exact) mass is 331 g/mol. The van der Waals surface area contributed by atoms with Crippen molar-refractivity contribution in [3.8, 4) is 0 Å². The number of amides is 1. The van der Waals surface area contributed by atoms with Crippen LogP contribution in [0.25, 0.3) is 0 Å². The van der Waals surface area contributed by atoms with E-state index in [0.29, 0.717) is 18.2 Å². The molecule has 3 atom stereocenters. The molecule has 1 aliphatic heterocycles. The van der Waals surface area contributed by atoms with E-state index >= 15 is 0 Å². The lowest BCUT2D eigenvalue weighted by molar-refractivity contribution is -0.135. The number of aryl methyl sites for hydroxylation is 1. The SMILES string of the molecule is CCCn1cc(Cl)c(C(=O)N(C)[C@@H]2COC[C@@H](OC)[C@H]2O)n1. The fraction of sp³-hybridized carbons (Fsp3) is 0.714. The number of halogens is 1. The normalized spacial score (nSPS) is 25.2. The van der Waals surface area contributed by atoms with E-state index in [0.717, 1.165) is 6.42 Å². The van der Waals surface area contributed by atoms with Crippen LogP contribution in [0.5, 0.6) is 0 Å². The Morgan fingerprint density at radius 2 is 2.36 bits per heavy atom. The summed E-state index contributed by atoms with van der Waals surface area (Å²) in [6, 6.07) is -0.501. The Hall–Kier alpha value is -1.15. The first-order valence-corrected chi connectivity index (χ1v) is 7.66. The van der Waals surface area contributed by atoms with Crippen LogP contribution in [0.2, 0.25) is 5.02 Å². The first-order chi connectivity index (χ1) is 10.5. The Morgan fingerprint density at radius 3 is 3.00 bits per heavy atom. The van der Waals surface area contributed by atoms with Crippen molar-refractivity contribution in [1.29, 1.82) is 0 Å². The molecule has 1 saturated heterocycles. The van der Waals surface area contributed by atoms with Crippen LogP contribution in [-0.2, 0) is 16.0 Å². The molecule has 1 aliphatic rings. The van der Waals surface area contributed by atoms with Crippen LogP contribution in [0.1, 0.15) is 23.8 Å². The summed E-state index contributed by atoms with van der Waals surface area (Å²) in [6.07, 6.45) is 1.26. The van der Waals surface area contributed by atoms with E-state index in [9.17, 15) is 9.90 Å². The molecule has 22 heavy (non-hydrogen) atoms. The lowest BCUT2D eigenvalue weighted by Crippen LogP contribution is -2.56. The maximum absolute atomic E-state index is 12.6. The number of carbonyl (C=O) groups excluding carboxylic acids is 1. The molecule has 2 heterocycles. The van der Waals surface area contributed by atoms with Crippen molar-refractivity contribution in [2.24, 2.45) is 0 Å². The molecule has 1 fully saturated rings. The summed E-state index contributed by atoms with van der Waals surface area (Å²) in [5, 5.41) is 14.8. The zero-order valence-electron chi connectivity index (χ0n) is 13.0. The number of methoxy groups -OCH3 is 1. The Labute approximate surface area is 134 Å². The van der Waals surface area contributed by atoms with Crippen LogP contribution in [0.3, 0.4) is 0 Å². The highest BCUT2D eigenvalue weighted by molar-refractivity contribution is 6.33. The molecule has 1 amide bonds. The summed E-state index contributed by atoms with van der Waals surface area (Å²) in [6.45, 7) is 3.26. The zero-order valence-corrected chi connectivity index (χ0v) is 13.8. The van der Waals surface area contributed by atoms with Gasteiger partial charge in [-0.25, -0.2) is 0 Å². The maximum Gasteiger partial charge on any atom is 0.276 e. The third-order valence-corrected chi connectivity index (χ3v) is 4.12. The van der Waals surface area contributed by atoms with Gasteiger partial charge >= 0.3 is 0 Å². The highest BCUT2D eigenvalue weighted by Crippen LogP contribution is 2.21. The van der Waals surface area contributed by atoms with Crippen molar-refractivity contribution in [2.75, 3.05) is 27.4 Å². The second-order valence-corrected chi connectivity index (χ2v) is 5.78. The van der Waals surface area contributed by atoms with E-state index in [4.69, 9.17) is 21.1 Å². The number of rotatable bonds is 5. The minimum absolute atomic E-state index is 0.185. The van der Waals surface area contributed by atoms with Gasteiger partial charge in [0.1, 0.15) is 12.2 Å². The Morgan fingerprint density at radius 1 is 1.64 bits per heavy atom. The van der Waals surface area contributed by atoms with Crippen LogP contribution in [0.15, 0.2) is 6.20 Å². The van der Waals surface area contributed by atoms with Gasteiger partial charge in [0.05, 0.1) is 24.3 Å². The van der Waals surface area contributed by atoms with Gasteiger partial charge in [0.2, 0.25) is 0 Å². The second kappa shape index (κ2) is 7.41. The molecule has 0 radical (unpaired) electrons.